The lowest BCUT2D eigenvalue weighted by atomic mass is 9.79. The van der Waals surface area contributed by atoms with Crippen molar-refractivity contribution < 1.29 is 19.1 Å². The maximum atomic E-state index is 11.5. The van der Waals surface area contributed by atoms with Gasteiger partial charge < -0.3 is 10.1 Å². The molecule has 5 heteroatoms. The van der Waals surface area contributed by atoms with Crippen LogP contribution < -0.4 is 5.32 Å². The van der Waals surface area contributed by atoms with Gasteiger partial charge in [0.15, 0.2) is 6.61 Å². The van der Waals surface area contributed by atoms with Gasteiger partial charge in [-0.25, -0.2) is 0 Å². The van der Waals surface area contributed by atoms with E-state index in [1.807, 2.05) is 6.92 Å². The van der Waals surface area contributed by atoms with Gasteiger partial charge in [0, 0.05) is 18.9 Å². The smallest absolute Gasteiger partial charge is 0.293 e. The zero-order valence-electron chi connectivity index (χ0n) is 10.8. The molecular weight excluding hydrogens is 234 g/mol. The number of amides is 1. The standard InChI is InChI=1S/C13H21NO4/c1-2-12(16)11-5-3-10(4-6-11)7-14-13(17)8-18-9-15/h9-11H,2-8H2,1H3,(H,14,17). The van der Waals surface area contributed by atoms with Crippen LogP contribution in [-0.2, 0) is 19.1 Å². The quantitative estimate of drug-likeness (QED) is 0.690. The molecule has 1 aliphatic carbocycles. The van der Waals surface area contributed by atoms with Crippen molar-refractivity contribution in [3.8, 4) is 0 Å². The Bertz CT molecular complexity index is 295. The van der Waals surface area contributed by atoms with E-state index < -0.39 is 0 Å². The molecule has 0 aromatic heterocycles. The first-order chi connectivity index (χ1) is 8.67. The van der Waals surface area contributed by atoms with Crippen LogP contribution >= 0.6 is 0 Å². The number of carbonyl (C=O) groups excluding carboxylic acids is 3. The summed E-state index contributed by atoms with van der Waals surface area (Å²) < 4.78 is 4.36. The van der Waals surface area contributed by atoms with Crippen LogP contribution in [0.1, 0.15) is 39.0 Å². The van der Waals surface area contributed by atoms with Crippen molar-refractivity contribution in [1.29, 1.82) is 0 Å². The molecule has 0 saturated heterocycles. The molecule has 0 aromatic carbocycles. The number of ether oxygens (including phenoxy) is 1. The summed E-state index contributed by atoms with van der Waals surface area (Å²) in [7, 11) is 0. The molecule has 0 heterocycles. The number of nitrogens with one attached hydrogen (secondary N) is 1. The molecular formula is C13H21NO4. The fourth-order valence-corrected chi connectivity index (χ4v) is 2.40. The van der Waals surface area contributed by atoms with Crippen molar-refractivity contribution in [3.05, 3.63) is 0 Å². The summed E-state index contributed by atoms with van der Waals surface area (Å²) in [5.41, 5.74) is 0. The second kappa shape index (κ2) is 7.84. The molecule has 1 aliphatic rings. The molecule has 102 valence electrons. The maximum absolute atomic E-state index is 11.5. The minimum Gasteiger partial charge on any atom is -0.458 e. The number of ketones is 1. The second-order valence-electron chi connectivity index (χ2n) is 4.75. The van der Waals surface area contributed by atoms with Crippen LogP contribution in [0.2, 0.25) is 0 Å². The number of hydrogen-bond acceptors (Lipinski definition) is 4. The average molecular weight is 255 g/mol. The van der Waals surface area contributed by atoms with E-state index in [9.17, 15) is 14.4 Å². The van der Waals surface area contributed by atoms with Crippen LogP contribution in [0.4, 0.5) is 0 Å². The van der Waals surface area contributed by atoms with E-state index in [0.717, 1.165) is 25.7 Å². The van der Waals surface area contributed by atoms with Crippen molar-refractivity contribution >= 4 is 18.2 Å². The van der Waals surface area contributed by atoms with Gasteiger partial charge in [-0.3, -0.25) is 14.4 Å². The highest BCUT2D eigenvalue weighted by Gasteiger charge is 2.25. The molecule has 0 unspecified atom stereocenters. The zero-order valence-corrected chi connectivity index (χ0v) is 10.8. The summed E-state index contributed by atoms with van der Waals surface area (Å²) in [6.45, 7) is 2.56. The highest BCUT2D eigenvalue weighted by atomic mass is 16.5. The van der Waals surface area contributed by atoms with Crippen molar-refractivity contribution in [2.24, 2.45) is 11.8 Å². The maximum Gasteiger partial charge on any atom is 0.293 e. The lowest BCUT2D eigenvalue weighted by Crippen LogP contribution is -2.34. The monoisotopic (exact) mass is 255 g/mol. The van der Waals surface area contributed by atoms with Crippen LogP contribution in [0.15, 0.2) is 0 Å². The van der Waals surface area contributed by atoms with E-state index in [4.69, 9.17) is 0 Å². The number of Topliss-reactive ketones (excluding diaryl/α,β-unsaturated/α-hetero) is 1. The Balaban J connectivity index is 2.17. The van der Waals surface area contributed by atoms with E-state index in [1.165, 1.54) is 0 Å². The largest absolute Gasteiger partial charge is 0.458 e. The Hall–Kier alpha value is -1.39. The molecule has 0 aromatic rings. The molecule has 1 amide bonds. The third kappa shape index (κ3) is 4.85. The minimum absolute atomic E-state index is 0.215. The first-order valence-corrected chi connectivity index (χ1v) is 6.52. The average Bonchev–Trinajstić information content (AvgIpc) is 2.42. The van der Waals surface area contributed by atoms with Gasteiger partial charge in [0.2, 0.25) is 0 Å². The summed E-state index contributed by atoms with van der Waals surface area (Å²) in [4.78, 5) is 32.7. The van der Waals surface area contributed by atoms with Crippen molar-refractivity contribution in [2.75, 3.05) is 13.2 Å². The van der Waals surface area contributed by atoms with Crippen molar-refractivity contribution in [2.45, 2.75) is 39.0 Å². The predicted molar refractivity (Wildman–Crippen MR) is 65.8 cm³/mol. The van der Waals surface area contributed by atoms with Crippen LogP contribution in [0, 0.1) is 11.8 Å². The third-order valence-electron chi connectivity index (χ3n) is 3.52. The van der Waals surface area contributed by atoms with E-state index in [2.05, 4.69) is 10.1 Å². The molecule has 1 saturated carbocycles. The van der Waals surface area contributed by atoms with Crippen molar-refractivity contribution in [1.82, 2.24) is 5.32 Å². The summed E-state index contributed by atoms with van der Waals surface area (Å²) >= 11 is 0. The summed E-state index contributed by atoms with van der Waals surface area (Å²) in [6, 6.07) is 0. The van der Waals surface area contributed by atoms with E-state index >= 15 is 0 Å². The lowest BCUT2D eigenvalue weighted by Gasteiger charge is -2.27. The molecule has 0 aliphatic heterocycles. The molecule has 1 N–H and O–H groups in total. The molecule has 0 radical (unpaired) electrons. The second-order valence-corrected chi connectivity index (χ2v) is 4.75. The normalized spacial score (nSPS) is 23.2. The Morgan fingerprint density at radius 3 is 2.50 bits per heavy atom. The highest BCUT2D eigenvalue weighted by molar-refractivity contribution is 5.80. The predicted octanol–water partition coefficient (Wildman–Crippen LogP) is 1.06. The topological polar surface area (TPSA) is 72.5 Å². The van der Waals surface area contributed by atoms with Gasteiger partial charge in [-0.05, 0) is 31.6 Å². The van der Waals surface area contributed by atoms with Crippen LogP contribution in [0.5, 0.6) is 0 Å². The lowest BCUT2D eigenvalue weighted by molar-refractivity contribution is -0.137. The Morgan fingerprint density at radius 1 is 1.28 bits per heavy atom. The number of carbonyl (C=O) groups is 3. The van der Waals surface area contributed by atoms with E-state index in [1.54, 1.807) is 0 Å². The Kier molecular flexibility index (Phi) is 6.39. The summed E-state index contributed by atoms with van der Waals surface area (Å²) in [5, 5.41) is 2.74. The molecule has 1 fully saturated rings. The van der Waals surface area contributed by atoms with Crippen molar-refractivity contribution in [3.63, 3.8) is 0 Å². The molecule has 0 atom stereocenters. The molecule has 0 spiro atoms. The van der Waals surface area contributed by atoms with Gasteiger partial charge in [-0.1, -0.05) is 6.92 Å². The Morgan fingerprint density at radius 2 is 1.94 bits per heavy atom. The van der Waals surface area contributed by atoms with Gasteiger partial charge in [0.25, 0.3) is 12.4 Å². The van der Waals surface area contributed by atoms with E-state index in [0.29, 0.717) is 24.7 Å². The van der Waals surface area contributed by atoms with Crippen LogP contribution in [0.3, 0.4) is 0 Å². The Labute approximate surface area is 107 Å². The van der Waals surface area contributed by atoms with Gasteiger partial charge in [-0.15, -0.1) is 0 Å². The zero-order chi connectivity index (χ0) is 13.4. The fourth-order valence-electron chi connectivity index (χ4n) is 2.40. The molecule has 5 nitrogen and oxygen atoms in total. The molecule has 18 heavy (non-hydrogen) atoms. The molecule has 0 bridgehead atoms. The van der Waals surface area contributed by atoms with Gasteiger partial charge >= 0.3 is 0 Å². The third-order valence-corrected chi connectivity index (χ3v) is 3.52. The first-order valence-electron chi connectivity index (χ1n) is 6.52. The summed E-state index contributed by atoms with van der Waals surface area (Å²) in [5.74, 6) is 0.747. The number of rotatable bonds is 7. The van der Waals surface area contributed by atoms with Gasteiger partial charge in [-0.2, -0.15) is 0 Å². The molecule has 1 rings (SSSR count). The minimum atomic E-state index is -0.270. The number of hydrogen-bond donors (Lipinski definition) is 1. The summed E-state index contributed by atoms with van der Waals surface area (Å²) in [6.07, 6.45) is 4.43. The first kappa shape index (κ1) is 14.7. The van der Waals surface area contributed by atoms with Crippen LogP contribution in [0.25, 0.3) is 0 Å². The SMILES string of the molecule is CCC(=O)C1CCC(CNC(=O)COC=O)CC1. The van der Waals surface area contributed by atoms with Gasteiger partial charge in [0.1, 0.15) is 5.78 Å². The van der Waals surface area contributed by atoms with E-state index in [-0.39, 0.29) is 24.9 Å². The van der Waals surface area contributed by atoms with Crippen LogP contribution in [-0.4, -0.2) is 31.3 Å². The van der Waals surface area contributed by atoms with Gasteiger partial charge in [0.05, 0.1) is 0 Å². The highest BCUT2D eigenvalue weighted by Crippen LogP contribution is 2.29. The fraction of sp³-hybridized carbons (Fsp3) is 0.769.